The van der Waals surface area contributed by atoms with Crippen molar-refractivity contribution in [3.63, 3.8) is 0 Å². The number of pyridine rings is 1. The van der Waals surface area contributed by atoms with Crippen LogP contribution < -0.4 is 10.2 Å². The molecule has 0 unspecified atom stereocenters. The number of anilines is 2. The lowest BCUT2D eigenvalue weighted by molar-refractivity contribution is 0.622. The minimum atomic E-state index is -0.224. The van der Waals surface area contributed by atoms with Gasteiger partial charge in [0.1, 0.15) is 5.82 Å². The Morgan fingerprint density at radius 1 is 0.925 bits per heavy atom. The Morgan fingerprint density at radius 2 is 1.65 bits per heavy atom. The molecule has 200 valence electrons. The van der Waals surface area contributed by atoms with E-state index in [-0.39, 0.29) is 5.82 Å². The highest BCUT2D eigenvalue weighted by Gasteiger charge is 2.21. The number of rotatable bonds is 7. The van der Waals surface area contributed by atoms with Crippen LogP contribution in [0.5, 0.6) is 0 Å². The summed E-state index contributed by atoms with van der Waals surface area (Å²) in [7, 11) is 0. The van der Waals surface area contributed by atoms with Gasteiger partial charge in [0.15, 0.2) is 0 Å². The van der Waals surface area contributed by atoms with Gasteiger partial charge in [-0.25, -0.2) is 4.39 Å². The summed E-state index contributed by atoms with van der Waals surface area (Å²) in [6.07, 6.45) is 4.64. The van der Waals surface area contributed by atoms with Gasteiger partial charge < -0.3 is 10.2 Å². The topological polar surface area (TPSA) is 28.2 Å². The zero-order valence-electron chi connectivity index (χ0n) is 23.4. The van der Waals surface area contributed by atoms with Crippen LogP contribution in [0.1, 0.15) is 52.4 Å². The maximum Gasteiger partial charge on any atom is 0.131 e. The molecule has 0 aliphatic carbocycles. The molecule has 0 spiro atoms. The third-order valence-corrected chi connectivity index (χ3v) is 7.36. The van der Waals surface area contributed by atoms with Crippen LogP contribution in [0.3, 0.4) is 0 Å². The predicted molar refractivity (Wildman–Crippen MR) is 169 cm³/mol. The van der Waals surface area contributed by atoms with Gasteiger partial charge in [-0.15, -0.1) is 0 Å². The summed E-state index contributed by atoms with van der Waals surface area (Å²) >= 11 is 0. The lowest BCUT2D eigenvalue weighted by Gasteiger charge is -2.27. The number of allylic oxidation sites excluding steroid dienone is 1. The summed E-state index contributed by atoms with van der Waals surface area (Å²) in [5, 5.41) is 3.41. The van der Waals surface area contributed by atoms with Crippen LogP contribution in [0.25, 0.3) is 28.6 Å². The van der Waals surface area contributed by atoms with Gasteiger partial charge in [0.2, 0.25) is 0 Å². The smallest absolute Gasteiger partial charge is 0.131 e. The fourth-order valence-corrected chi connectivity index (χ4v) is 5.09. The van der Waals surface area contributed by atoms with Gasteiger partial charge in [0, 0.05) is 52.3 Å². The summed E-state index contributed by atoms with van der Waals surface area (Å²) in [6, 6.07) is 23.9. The molecule has 1 N–H and O–H groups in total. The minimum absolute atomic E-state index is 0.224. The number of halogens is 1. The average molecular weight is 528 g/mol. The molecule has 0 saturated heterocycles. The van der Waals surface area contributed by atoms with E-state index in [1.165, 1.54) is 0 Å². The van der Waals surface area contributed by atoms with Gasteiger partial charge in [-0.1, -0.05) is 67.8 Å². The van der Waals surface area contributed by atoms with E-state index in [1.807, 2.05) is 63.4 Å². The lowest BCUT2D eigenvalue weighted by atomic mass is 9.97. The molecule has 3 aromatic carbocycles. The predicted octanol–water partition coefficient (Wildman–Crippen LogP) is 9.38. The molecule has 0 bridgehead atoms. The number of hydrogen-bond donors (Lipinski definition) is 1. The molecular formula is C36H34FN3. The maximum atomic E-state index is 15.2. The molecule has 4 aromatic rings. The zero-order chi connectivity index (χ0) is 28.4. The Kier molecular flexibility index (Phi) is 7.52. The SMILES string of the molecule is C=C(C)c1ccc(C2=Cc3ccccc3N(C(=C)c3ccc(NC(=C)c4cc(C)cnc4C)cc3)CC2)c(F)c1. The molecule has 0 amide bonds. The van der Waals surface area contributed by atoms with Gasteiger partial charge in [0.25, 0.3) is 0 Å². The number of hydrogen-bond acceptors (Lipinski definition) is 3. The number of benzene rings is 3. The van der Waals surface area contributed by atoms with Gasteiger partial charge in [0.05, 0.1) is 0 Å². The number of para-hydroxylation sites is 1. The molecule has 0 fully saturated rings. The van der Waals surface area contributed by atoms with E-state index in [1.54, 1.807) is 6.07 Å². The Bertz CT molecular complexity index is 1660. The summed E-state index contributed by atoms with van der Waals surface area (Å²) in [5.74, 6) is -0.224. The van der Waals surface area contributed by atoms with Crippen LogP contribution in [0.2, 0.25) is 0 Å². The van der Waals surface area contributed by atoms with E-state index in [9.17, 15) is 0 Å². The molecule has 40 heavy (non-hydrogen) atoms. The van der Waals surface area contributed by atoms with Crippen molar-refractivity contribution in [2.45, 2.75) is 27.2 Å². The minimum Gasteiger partial charge on any atom is -0.355 e. The standard InChI is InChI=1S/C36H34FN3/c1-23(2)29-13-16-33(35(37)21-29)30-17-18-40(36-10-8-7-9-31(36)20-30)27(6)28-11-14-32(15-12-28)39-26(5)34-19-24(3)22-38-25(34)4/h7-16,19-22,39H,1,5-6,17-18H2,2-4H3. The molecular weight excluding hydrogens is 493 g/mol. The van der Waals surface area contributed by atoms with Crippen molar-refractivity contribution in [3.05, 3.63) is 144 Å². The Labute approximate surface area is 236 Å². The number of aromatic nitrogens is 1. The molecule has 3 nitrogen and oxygen atoms in total. The monoisotopic (exact) mass is 527 g/mol. The number of nitrogens with zero attached hydrogens (tertiary/aromatic N) is 2. The molecule has 4 heteroatoms. The molecule has 0 saturated carbocycles. The zero-order valence-corrected chi connectivity index (χ0v) is 23.4. The van der Waals surface area contributed by atoms with E-state index in [4.69, 9.17) is 0 Å². The van der Waals surface area contributed by atoms with Crippen LogP contribution in [-0.2, 0) is 0 Å². The molecule has 1 aromatic heterocycles. The Hall–Kier alpha value is -4.70. The molecule has 1 aliphatic rings. The first-order chi connectivity index (χ1) is 19.2. The lowest BCUT2D eigenvalue weighted by Crippen LogP contribution is -2.22. The first-order valence-corrected chi connectivity index (χ1v) is 13.4. The fourth-order valence-electron chi connectivity index (χ4n) is 5.09. The van der Waals surface area contributed by atoms with E-state index >= 15 is 4.39 Å². The van der Waals surface area contributed by atoms with Crippen molar-refractivity contribution >= 4 is 40.0 Å². The molecule has 5 rings (SSSR count). The third-order valence-electron chi connectivity index (χ3n) is 7.36. The molecule has 2 heterocycles. The Morgan fingerprint density at radius 3 is 2.38 bits per heavy atom. The van der Waals surface area contributed by atoms with Crippen molar-refractivity contribution in [3.8, 4) is 0 Å². The van der Waals surface area contributed by atoms with E-state index in [2.05, 4.69) is 71.3 Å². The fraction of sp³-hybridized carbons (Fsp3) is 0.139. The summed E-state index contributed by atoms with van der Waals surface area (Å²) in [6.45, 7) is 19.2. The normalized spacial score (nSPS) is 12.7. The van der Waals surface area contributed by atoms with Crippen LogP contribution in [-0.4, -0.2) is 11.5 Å². The van der Waals surface area contributed by atoms with Crippen molar-refractivity contribution in [1.29, 1.82) is 0 Å². The van der Waals surface area contributed by atoms with Crippen LogP contribution >= 0.6 is 0 Å². The van der Waals surface area contributed by atoms with Gasteiger partial charge in [-0.2, -0.15) is 0 Å². The molecule has 0 atom stereocenters. The number of fused-ring (bicyclic) bond motifs is 1. The first-order valence-electron chi connectivity index (χ1n) is 13.4. The first kappa shape index (κ1) is 26.9. The summed E-state index contributed by atoms with van der Waals surface area (Å²) in [5.41, 5.74) is 12.0. The van der Waals surface area contributed by atoms with Crippen LogP contribution in [0, 0.1) is 19.7 Å². The number of aryl methyl sites for hydroxylation is 2. The third kappa shape index (κ3) is 5.52. The van der Waals surface area contributed by atoms with Crippen molar-refractivity contribution in [1.82, 2.24) is 4.98 Å². The second-order valence-corrected chi connectivity index (χ2v) is 10.4. The van der Waals surface area contributed by atoms with Crippen molar-refractivity contribution in [2.24, 2.45) is 0 Å². The quantitative estimate of drug-likeness (QED) is 0.259. The average Bonchev–Trinajstić information content (AvgIpc) is 3.14. The van der Waals surface area contributed by atoms with Gasteiger partial charge in [-0.05, 0) is 91.4 Å². The summed E-state index contributed by atoms with van der Waals surface area (Å²) in [4.78, 5) is 6.67. The summed E-state index contributed by atoms with van der Waals surface area (Å²) < 4.78 is 15.2. The number of nitrogens with one attached hydrogen (secondary N) is 1. The second-order valence-electron chi connectivity index (χ2n) is 10.4. The maximum absolute atomic E-state index is 15.2. The highest BCUT2D eigenvalue weighted by atomic mass is 19.1. The van der Waals surface area contributed by atoms with Gasteiger partial charge in [-0.3, -0.25) is 4.98 Å². The van der Waals surface area contributed by atoms with Crippen molar-refractivity contribution in [2.75, 3.05) is 16.8 Å². The molecule has 0 radical (unpaired) electrons. The largest absolute Gasteiger partial charge is 0.355 e. The highest BCUT2D eigenvalue weighted by Crippen LogP contribution is 2.37. The van der Waals surface area contributed by atoms with E-state index in [0.29, 0.717) is 18.5 Å². The van der Waals surface area contributed by atoms with Crippen LogP contribution in [0.4, 0.5) is 15.8 Å². The van der Waals surface area contributed by atoms with Crippen molar-refractivity contribution < 1.29 is 4.39 Å². The second kappa shape index (κ2) is 11.2. The van der Waals surface area contributed by atoms with Gasteiger partial charge >= 0.3 is 0 Å². The Balaban J connectivity index is 1.37. The van der Waals surface area contributed by atoms with E-state index < -0.39 is 0 Å². The highest BCUT2D eigenvalue weighted by molar-refractivity contribution is 5.92. The molecule has 1 aliphatic heterocycles. The van der Waals surface area contributed by atoms with E-state index in [0.717, 1.165) is 67.4 Å². The van der Waals surface area contributed by atoms with Crippen LogP contribution in [0.15, 0.2) is 98.7 Å².